The smallest absolute Gasteiger partial charge is 1.00 e. The summed E-state index contributed by atoms with van der Waals surface area (Å²) in [6, 6.07) is -7.94. The van der Waals surface area contributed by atoms with Crippen molar-refractivity contribution in [2.24, 2.45) is 0 Å². The van der Waals surface area contributed by atoms with Gasteiger partial charge in [0, 0.05) is 0 Å². The third-order valence-electron chi connectivity index (χ3n) is 4.09. The SMILES string of the molecule is O=CO[O-].O=S(=O)(F)C(F)(F)C(F)(F)OC(F)(C(F)(F)F)C(F)(F)OC(F)=C(F)F.O=S(=O)([O-])C(F)(F)C(F)(F)OC(F)(C(F)(F)F)C(F)(F)OC(F)=C(F)F.[H-].[Li+].[Li+].[Li+]. The first-order valence-electron chi connectivity index (χ1n) is 10.6. The van der Waals surface area contributed by atoms with Gasteiger partial charge in [0.25, 0.3) is 6.47 Å². The monoisotopic (exact) mass is 972 g/mol. The van der Waals surface area contributed by atoms with E-state index in [0.717, 1.165) is 0 Å². The molecule has 44 heteroatoms. The zero-order valence-corrected chi connectivity index (χ0v) is 28.1. The Kier molecular flexibility index (Phi) is 25.7. The normalized spacial score (nSPS) is 15.2. The van der Waals surface area contributed by atoms with Crippen molar-refractivity contribution < 1.29 is 231 Å². The minimum atomic E-state index is -7.89. The molecule has 0 spiro atoms. The number of rotatable bonds is 15. The van der Waals surface area contributed by atoms with Crippen LogP contribution in [-0.2, 0) is 49.0 Å². The standard InChI is InChI=1S/C7F14O4S.C7HF13O5S.CH2O3.3Li.H/c2*8-1(9)2(10)24-5(15,16)3(11,4(12,13)14)25-6(17,18)7(19,20)26(21,22)23;2-1-4-3;;;;/h;(H,21,22,23);1,3H;;;;/q;;;3*+1;-1/p-2. The second-order valence-corrected chi connectivity index (χ2v) is 10.7. The van der Waals surface area contributed by atoms with Crippen LogP contribution in [0.2, 0.25) is 0 Å². The number of ether oxygens (including phenoxy) is 4. The van der Waals surface area contributed by atoms with Crippen molar-refractivity contribution in [3.63, 3.8) is 0 Å². The van der Waals surface area contributed by atoms with Crippen molar-refractivity contribution in [2.45, 2.75) is 59.0 Å². The van der Waals surface area contributed by atoms with Gasteiger partial charge in [-0.2, -0.15) is 123 Å². The average Bonchev–Trinajstić information content (AvgIpc) is 2.93. The fourth-order valence-corrected chi connectivity index (χ4v) is 2.42. The Labute approximate surface area is 340 Å². The number of halogens is 27. The predicted molar refractivity (Wildman–Crippen MR) is 102 cm³/mol. The van der Waals surface area contributed by atoms with E-state index in [0.29, 0.717) is 0 Å². The van der Waals surface area contributed by atoms with Crippen molar-refractivity contribution in [3.05, 3.63) is 24.2 Å². The van der Waals surface area contributed by atoms with Crippen LogP contribution in [0.5, 0.6) is 0 Å². The molecule has 0 aromatic heterocycles. The quantitative estimate of drug-likeness (QED) is 0.0248. The van der Waals surface area contributed by atoms with E-state index >= 15 is 0 Å². The van der Waals surface area contributed by atoms with Gasteiger partial charge in [0.1, 0.15) is 0 Å². The van der Waals surface area contributed by atoms with Crippen molar-refractivity contribution >= 4 is 26.8 Å². The second-order valence-electron chi connectivity index (χ2n) is 7.85. The molecule has 338 valence electrons. The summed E-state index contributed by atoms with van der Waals surface area (Å²) in [5.41, 5.74) is 0. The minimum absolute atomic E-state index is 0. The molecule has 0 radical (unpaired) electrons. The van der Waals surface area contributed by atoms with Gasteiger partial charge in [-0.1, -0.05) is 3.89 Å². The largest absolute Gasteiger partial charge is 1.00 e. The van der Waals surface area contributed by atoms with E-state index in [1.54, 1.807) is 0 Å². The van der Waals surface area contributed by atoms with Crippen LogP contribution in [0.3, 0.4) is 0 Å². The molecule has 2 unspecified atom stereocenters. The average molecular weight is 972 g/mol. The molecule has 2 atom stereocenters. The molecular formula is C15H2F27Li3O12S2. The zero-order valence-electron chi connectivity index (χ0n) is 27.5. The van der Waals surface area contributed by atoms with E-state index in [1.165, 1.54) is 9.47 Å². The first-order valence-corrected chi connectivity index (χ1v) is 13.4. The fourth-order valence-electron chi connectivity index (χ4n) is 1.76. The van der Waals surface area contributed by atoms with Crippen molar-refractivity contribution in [1.82, 2.24) is 0 Å². The number of carbonyl (C=O) groups excluding carboxylic acids is 1. The summed E-state index contributed by atoms with van der Waals surface area (Å²) >= 11 is 0. The first kappa shape index (κ1) is 68.9. The Bertz CT molecular complexity index is 1540. The molecule has 0 aliphatic carbocycles. The minimum Gasteiger partial charge on any atom is -1.00 e. The molecule has 0 saturated heterocycles. The van der Waals surface area contributed by atoms with Gasteiger partial charge in [0.05, 0.1) is 0 Å². The van der Waals surface area contributed by atoms with E-state index < -0.39 is 104 Å². The van der Waals surface area contributed by atoms with Gasteiger partial charge in [0.2, 0.25) is 0 Å². The van der Waals surface area contributed by atoms with Crippen LogP contribution in [0.1, 0.15) is 1.43 Å². The van der Waals surface area contributed by atoms with Crippen molar-refractivity contribution in [1.29, 1.82) is 0 Å². The van der Waals surface area contributed by atoms with Crippen LogP contribution < -0.4 is 61.8 Å². The summed E-state index contributed by atoms with van der Waals surface area (Å²) in [5.74, 6) is -15.1. The van der Waals surface area contributed by atoms with Crippen LogP contribution in [0.15, 0.2) is 24.2 Å². The molecule has 0 aliphatic heterocycles. The number of hydrogen-bond acceptors (Lipinski definition) is 12. The van der Waals surface area contributed by atoms with Gasteiger partial charge >= 0.3 is 150 Å². The molecule has 0 aliphatic rings. The molecule has 0 bridgehead atoms. The Morgan fingerprint density at radius 2 is 0.712 bits per heavy atom. The molecular weight excluding hydrogens is 970 g/mol. The van der Waals surface area contributed by atoms with E-state index in [-0.39, 0.29) is 64.5 Å². The van der Waals surface area contributed by atoms with Crippen LogP contribution in [0.4, 0.5) is 118 Å². The Balaban J connectivity index is -0.000000162. The summed E-state index contributed by atoms with van der Waals surface area (Å²) in [6.07, 6.45) is -52.5. The van der Waals surface area contributed by atoms with Crippen LogP contribution in [0, 0.1) is 0 Å². The number of carbonyl (C=O) groups is 1. The fraction of sp³-hybridized carbons (Fsp3) is 0.667. The third-order valence-corrected chi connectivity index (χ3v) is 5.80. The summed E-state index contributed by atoms with van der Waals surface area (Å²) in [5, 5.41) is -6.21. The van der Waals surface area contributed by atoms with Gasteiger partial charge in [-0.3, -0.25) is 14.3 Å². The second kappa shape index (κ2) is 22.0. The predicted octanol–water partition coefficient (Wildman–Crippen LogP) is -2.47. The van der Waals surface area contributed by atoms with Gasteiger partial charge in [0.15, 0.2) is 10.1 Å². The molecule has 0 aromatic rings. The zero-order chi connectivity index (χ0) is 46.6. The van der Waals surface area contributed by atoms with Crippen LogP contribution in [-0.4, -0.2) is 86.9 Å². The van der Waals surface area contributed by atoms with E-state index in [1.807, 2.05) is 9.47 Å². The van der Waals surface area contributed by atoms with E-state index in [2.05, 4.69) is 4.89 Å². The molecule has 0 N–H and O–H groups in total. The van der Waals surface area contributed by atoms with E-state index in [4.69, 9.17) is 10.1 Å². The molecule has 0 fully saturated rings. The molecule has 0 rings (SSSR count). The topological polar surface area (TPSA) is 178 Å². The number of hydrogen-bond donors (Lipinski definition) is 0. The van der Waals surface area contributed by atoms with Gasteiger partial charge in [-0.15, -0.1) is 0 Å². The summed E-state index contributed by atoms with van der Waals surface area (Å²) in [4.78, 5) is 11.2. The maximum absolute atomic E-state index is 13.3. The Morgan fingerprint density at radius 3 is 0.864 bits per heavy atom. The Morgan fingerprint density at radius 1 is 0.492 bits per heavy atom. The third kappa shape index (κ3) is 16.1. The first-order chi connectivity index (χ1) is 24.0. The molecule has 0 amide bonds. The van der Waals surface area contributed by atoms with Crippen LogP contribution >= 0.6 is 0 Å². The summed E-state index contributed by atoms with van der Waals surface area (Å²) in [7, 11) is -15.5. The summed E-state index contributed by atoms with van der Waals surface area (Å²) in [6.45, 7) is -0.181. The maximum atomic E-state index is 13.3. The molecule has 12 nitrogen and oxygen atoms in total. The van der Waals surface area contributed by atoms with Crippen LogP contribution in [0.25, 0.3) is 0 Å². The maximum Gasteiger partial charge on any atom is 1.00 e. The molecule has 0 aromatic carbocycles. The van der Waals surface area contributed by atoms with Crippen molar-refractivity contribution in [3.8, 4) is 0 Å². The van der Waals surface area contributed by atoms with Gasteiger partial charge in [-0.25, -0.2) is 8.42 Å². The van der Waals surface area contributed by atoms with E-state index in [9.17, 15) is 139 Å². The number of alkyl halides is 20. The molecule has 59 heavy (non-hydrogen) atoms. The molecule has 0 heterocycles. The summed E-state index contributed by atoms with van der Waals surface area (Å²) < 4.78 is 392. The van der Waals surface area contributed by atoms with Gasteiger partial charge in [-0.05, 0) is 0 Å². The van der Waals surface area contributed by atoms with Crippen molar-refractivity contribution in [2.75, 3.05) is 0 Å². The van der Waals surface area contributed by atoms with Gasteiger partial charge < -0.3 is 25.6 Å². The Hall–Kier alpha value is -1.81. The molecule has 0 saturated carbocycles.